The Morgan fingerprint density at radius 2 is 0.711 bits per heavy atom. The molecule has 4 aromatic carbocycles. The van der Waals surface area contributed by atoms with Gasteiger partial charge in [0, 0.05) is 0 Å². The molecular formula is C36H40P2. The van der Waals surface area contributed by atoms with Crippen molar-refractivity contribution in [3.8, 4) is 11.1 Å². The molecule has 6 rings (SSSR count). The zero-order chi connectivity index (χ0) is 25.6. The Kier molecular flexibility index (Phi) is 8.71. The van der Waals surface area contributed by atoms with Gasteiger partial charge >= 0.3 is 0 Å². The van der Waals surface area contributed by atoms with Gasteiger partial charge in [0.05, 0.1) is 0 Å². The second kappa shape index (κ2) is 12.7. The maximum Gasteiger partial charge on any atom is -0.00970 e. The van der Waals surface area contributed by atoms with Crippen LogP contribution in [0.3, 0.4) is 0 Å². The van der Waals surface area contributed by atoms with Crippen LogP contribution in [-0.2, 0) is 0 Å². The molecule has 0 spiro atoms. The third kappa shape index (κ3) is 5.69. The molecule has 0 saturated heterocycles. The van der Waals surface area contributed by atoms with Crippen molar-refractivity contribution in [3.05, 3.63) is 109 Å². The molecule has 2 heteroatoms. The fraction of sp³-hybridized carbons (Fsp3) is 0.333. The molecule has 0 bridgehead atoms. The molecule has 2 unspecified atom stereocenters. The third-order valence-electron chi connectivity index (χ3n) is 8.57. The molecule has 2 saturated carbocycles. The van der Waals surface area contributed by atoms with Crippen molar-refractivity contribution in [1.29, 1.82) is 0 Å². The van der Waals surface area contributed by atoms with Gasteiger partial charge in [-0.3, -0.25) is 0 Å². The van der Waals surface area contributed by atoms with Gasteiger partial charge in [0.1, 0.15) is 0 Å². The number of benzene rings is 4. The first-order valence-corrected chi connectivity index (χ1v) is 17.6. The summed E-state index contributed by atoms with van der Waals surface area (Å²) in [6.07, 6.45) is 13.8. The molecule has 0 aliphatic heterocycles. The van der Waals surface area contributed by atoms with Crippen LogP contribution in [0.25, 0.3) is 11.1 Å². The average molecular weight is 535 g/mol. The van der Waals surface area contributed by atoms with Gasteiger partial charge in [-0.15, -0.1) is 0 Å². The number of hydrogen-bond acceptors (Lipinski definition) is 0. The molecule has 0 heterocycles. The minimum atomic E-state index is -0.407. The standard InChI is InChI=1S/C36H40P2/c1-5-17-29(18-6-1)37(30-19-7-2-8-20-30)35-27-15-13-25-33(35)34-26-14-16-28-36(34)38(31-21-9-3-10-22-31)32-23-11-4-12-24-32/h1,3,5-6,9-10,13-18,21-22,25-28,30,32H,2,4,7-8,11-12,19-20,23-24H2. The molecule has 0 nitrogen and oxygen atoms in total. The van der Waals surface area contributed by atoms with Crippen molar-refractivity contribution in [2.45, 2.75) is 75.5 Å². The molecule has 0 N–H and O–H groups in total. The van der Waals surface area contributed by atoms with Crippen molar-refractivity contribution in [1.82, 2.24) is 0 Å². The predicted octanol–water partition coefficient (Wildman–Crippen LogP) is 8.88. The lowest BCUT2D eigenvalue weighted by Gasteiger charge is -2.35. The highest BCUT2D eigenvalue weighted by Crippen LogP contribution is 2.51. The summed E-state index contributed by atoms with van der Waals surface area (Å²) >= 11 is 0. The second-order valence-corrected chi connectivity index (χ2v) is 16.0. The van der Waals surface area contributed by atoms with Crippen LogP contribution >= 0.6 is 15.8 Å². The van der Waals surface area contributed by atoms with Crippen LogP contribution in [0.1, 0.15) is 64.2 Å². The molecule has 38 heavy (non-hydrogen) atoms. The van der Waals surface area contributed by atoms with Gasteiger partial charge in [-0.05, 0) is 85.2 Å². The lowest BCUT2D eigenvalue weighted by molar-refractivity contribution is 0.513. The van der Waals surface area contributed by atoms with Gasteiger partial charge in [-0.25, -0.2) is 0 Å². The van der Waals surface area contributed by atoms with Crippen LogP contribution in [0.2, 0.25) is 0 Å². The topological polar surface area (TPSA) is 0 Å². The Hall–Kier alpha value is -2.26. The summed E-state index contributed by atoms with van der Waals surface area (Å²) in [4.78, 5) is 0. The highest BCUT2D eigenvalue weighted by atomic mass is 31.1. The molecular weight excluding hydrogens is 494 g/mol. The molecule has 4 aromatic rings. The minimum Gasteiger partial charge on any atom is -0.0622 e. The monoisotopic (exact) mass is 534 g/mol. The quantitative estimate of drug-likeness (QED) is 0.208. The first-order chi connectivity index (χ1) is 18.9. The van der Waals surface area contributed by atoms with Crippen LogP contribution < -0.4 is 21.2 Å². The van der Waals surface area contributed by atoms with Crippen LogP contribution in [0.4, 0.5) is 0 Å². The smallest absolute Gasteiger partial charge is 0.00970 e. The Balaban J connectivity index is 1.50. The Morgan fingerprint density at radius 1 is 0.368 bits per heavy atom. The SMILES string of the molecule is c1ccc(P(c2ccccc2-c2ccccc2P(c2ccccc2)C2CCCCC2)C2CCCCC2)cc1. The van der Waals surface area contributed by atoms with E-state index >= 15 is 0 Å². The van der Waals surface area contributed by atoms with Crippen molar-refractivity contribution in [2.24, 2.45) is 0 Å². The second-order valence-electron chi connectivity index (χ2n) is 11.0. The van der Waals surface area contributed by atoms with E-state index in [4.69, 9.17) is 0 Å². The highest BCUT2D eigenvalue weighted by molar-refractivity contribution is 7.74. The molecule has 0 aromatic heterocycles. The number of hydrogen-bond donors (Lipinski definition) is 0. The third-order valence-corrected chi connectivity index (χ3v) is 14.6. The summed E-state index contributed by atoms with van der Waals surface area (Å²) in [6, 6.07) is 42.0. The van der Waals surface area contributed by atoms with Gasteiger partial charge < -0.3 is 0 Å². The van der Waals surface area contributed by atoms with E-state index in [-0.39, 0.29) is 0 Å². The molecule has 0 amide bonds. The van der Waals surface area contributed by atoms with Gasteiger partial charge in [-0.2, -0.15) is 0 Å². The van der Waals surface area contributed by atoms with Crippen molar-refractivity contribution in [2.75, 3.05) is 0 Å². The van der Waals surface area contributed by atoms with E-state index < -0.39 is 15.8 Å². The summed E-state index contributed by atoms with van der Waals surface area (Å²) in [5, 5.41) is 6.30. The largest absolute Gasteiger partial charge is 0.0622 e. The Bertz CT molecular complexity index is 1180. The van der Waals surface area contributed by atoms with Crippen LogP contribution in [-0.4, -0.2) is 11.3 Å². The van der Waals surface area contributed by atoms with Crippen molar-refractivity contribution < 1.29 is 0 Å². The Labute approximate surface area is 232 Å². The van der Waals surface area contributed by atoms with Crippen molar-refractivity contribution >= 4 is 37.1 Å². The highest BCUT2D eigenvalue weighted by Gasteiger charge is 2.31. The molecule has 0 radical (unpaired) electrons. The molecule has 2 fully saturated rings. The van der Waals surface area contributed by atoms with Gasteiger partial charge in [0.25, 0.3) is 0 Å². The lowest BCUT2D eigenvalue weighted by Crippen LogP contribution is -2.27. The first kappa shape index (κ1) is 26.0. The van der Waals surface area contributed by atoms with Crippen LogP contribution in [0.15, 0.2) is 109 Å². The minimum absolute atomic E-state index is 0.407. The van der Waals surface area contributed by atoms with E-state index in [1.54, 1.807) is 21.2 Å². The summed E-state index contributed by atoms with van der Waals surface area (Å²) in [7, 11) is -0.813. The molecule has 2 aliphatic carbocycles. The zero-order valence-electron chi connectivity index (χ0n) is 22.5. The lowest BCUT2D eigenvalue weighted by atomic mass is 10.0. The summed E-state index contributed by atoms with van der Waals surface area (Å²) in [6.45, 7) is 0. The fourth-order valence-corrected chi connectivity index (χ4v) is 13.1. The van der Waals surface area contributed by atoms with Gasteiger partial charge in [-0.1, -0.05) is 148 Å². The summed E-state index contributed by atoms with van der Waals surface area (Å²) in [5.41, 5.74) is 4.54. The van der Waals surface area contributed by atoms with E-state index in [1.807, 2.05) is 0 Å². The van der Waals surface area contributed by atoms with E-state index in [2.05, 4.69) is 109 Å². The first-order valence-electron chi connectivity index (χ1n) is 14.8. The number of rotatable bonds is 7. The maximum atomic E-state index is 2.48. The predicted molar refractivity (Wildman–Crippen MR) is 171 cm³/mol. The zero-order valence-corrected chi connectivity index (χ0v) is 24.3. The van der Waals surface area contributed by atoms with Gasteiger partial charge in [0.2, 0.25) is 0 Å². The van der Waals surface area contributed by atoms with Crippen LogP contribution in [0, 0.1) is 0 Å². The van der Waals surface area contributed by atoms with Crippen molar-refractivity contribution in [3.63, 3.8) is 0 Å². The van der Waals surface area contributed by atoms with E-state index in [9.17, 15) is 0 Å². The molecule has 2 aliphatic rings. The van der Waals surface area contributed by atoms with Crippen LogP contribution in [0.5, 0.6) is 0 Å². The van der Waals surface area contributed by atoms with E-state index in [0.717, 1.165) is 11.3 Å². The Morgan fingerprint density at radius 3 is 1.11 bits per heavy atom. The van der Waals surface area contributed by atoms with Gasteiger partial charge in [0.15, 0.2) is 0 Å². The maximum absolute atomic E-state index is 2.48. The normalized spacial score (nSPS) is 18.6. The summed E-state index contributed by atoms with van der Waals surface area (Å²) < 4.78 is 0. The molecule has 2 atom stereocenters. The van der Waals surface area contributed by atoms with E-state index in [1.165, 1.54) is 75.3 Å². The molecule has 194 valence electrons. The van der Waals surface area contributed by atoms with E-state index in [0.29, 0.717) is 0 Å². The average Bonchev–Trinajstić information content (AvgIpc) is 3.00. The summed E-state index contributed by atoms with van der Waals surface area (Å²) in [5.74, 6) is 0. The fourth-order valence-electron chi connectivity index (χ4n) is 6.77.